The van der Waals surface area contributed by atoms with E-state index in [1.165, 1.54) is 0 Å². The average molecular weight is 179 g/mol. The van der Waals surface area contributed by atoms with Crippen molar-refractivity contribution in [2.75, 3.05) is 12.8 Å². The molecular weight excluding hydrogens is 166 g/mol. The van der Waals surface area contributed by atoms with Crippen LogP contribution in [0.15, 0.2) is 18.3 Å². The molecule has 1 amide bonds. The van der Waals surface area contributed by atoms with Crippen LogP contribution in [0.3, 0.4) is 0 Å². The second-order valence-electron chi connectivity index (χ2n) is 2.76. The minimum absolute atomic E-state index is 0.0265. The van der Waals surface area contributed by atoms with Crippen LogP contribution in [0.4, 0.5) is 5.69 Å². The van der Waals surface area contributed by atoms with Gasteiger partial charge in [-0.05, 0) is 18.6 Å². The predicted octanol–water partition coefficient (Wildman–Crippen LogP) is 0.342. The van der Waals surface area contributed by atoms with Gasteiger partial charge < -0.3 is 11.1 Å². The predicted molar refractivity (Wildman–Crippen MR) is 51.0 cm³/mol. The van der Waals surface area contributed by atoms with Gasteiger partial charge in [0, 0.05) is 19.2 Å². The lowest BCUT2D eigenvalue weighted by molar-refractivity contribution is -0.120. The number of nitrogens with zero attached hydrogens (tertiary/aromatic N) is 1. The van der Waals surface area contributed by atoms with Crippen LogP contribution in [0.1, 0.15) is 12.1 Å². The van der Waals surface area contributed by atoms with Gasteiger partial charge in [0.1, 0.15) is 0 Å². The van der Waals surface area contributed by atoms with E-state index in [2.05, 4.69) is 10.3 Å². The Balaban J connectivity index is 2.46. The minimum atomic E-state index is 0.0265. The lowest BCUT2D eigenvalue weighted by Gasteiger charge is -2.00. The molecule has 3 N–H and O–H groups in total. The zero-order valence-electron chi connectivity index (χ0n) is 7.58. The number of hydrogen-bond acceptors (Lipinski definition) is 3. The lowest BCUT2D eigenvalue weighted by atomic mass is 10.2. The van der Waals surface area contributed by atoms with Crippen LogP contribution in [0.2, 0.25) is 0 Å². The Hall–Kier alpha value is -1.58. The van der Waals surface area contributed by atoms with Gasteiger partial charge in [-0.2, -0.15) is 0 Å². The SMILES string of the molecule is CNC(=O)CCc1ccc(N)cn1. The summed E-state index contributed by atoms with van der Waals surface area (Å²) in [5, 5.41) is 2.56. The third-order valence-corrected chi connectivity index (χ3v) is 1.73. The van der Waals surface area contributed by atoms with Crippen molar-refractivity contribution in [1.82, 2.24) is 10.3 Å². The zero-order valence-corrected chi connectivity index (χ0v) is 7.58. The molecule has 0 saturated carbocycles. The maximum absolute atomic E-state index is 10.9. The first-order valence-electron chi connectivity index (χ1n) is 4.13. The highest BCUT2D eigenvalue weighted by Crippen LogP contribution is 2.03. The summed E-state index contributed by atoms with van der Waals surface area (Å²) in [7, 11) is 1.62. The number of nitrogens with two attached hydrogens (primary N) is 1. The average Bonchev–Trinajstić information content (AvgIpc) is 2.16. The maximum Gasteiger partial charge on any atom is 0.220 e. The van der Waals surface area contributed by atoms with E-state index in [9.17, 15) is 4.79 Å². The molecule has 0 unspecified atom stereocenters. The van der Waals surface area contributed by atoms with Crippen molar-refractivity contribution >= 4 is 11.6 Å². The van der Waals surface area contributed by atoms with Gasteiger partial charge >= 0.3 is 0 Å². The van der Waals surface area contributed by atoms with E-state index in [1.807, 2.05) is 6.07 Å². The molecule has 0 atom stereocenters. The van der Waals surface area contributed by atoms with Crippen LogP contribution in [-0.2, 0) is 11.2 Å². The van der Waals surface area contributed by atoms with E-state index < -0.39 is 0 Å². The van der Waals surface area contributed by atoms with Gasteiger partial charge in [-0.1, -0.05) is 0 Å². The van der Waals surface area contributed by atoms with Gasteiger partial charge in [-0.25, -0.2) is 0 Å². The number of hydrogen-bond donors (Lipinski definition) is 2. The molecule has 0 aliphatic rings. The zero-order chi connectivity index (χ0) is 9.68. The molecular formula is C9H13N3O. The summed E-state index contributed by atoms with van der Waals surface area (Å²) in [5.41, 5.74) is 7.00. The van der Waals surface area contributed by atoms with Gasteiger partial charge in [0.2, 0.25) is 5.91 Å². The second kappa shape index (κ2) is 4.45. The van der Waals surface area contributed by atoms with E-state index in [0.717, 1.165) is 5.69 Å². The fraction of sp³-hybridized carbons (Fsp3) is 0.333. The molecule has 4 nitrogen and oxygen atoms in total. The van der Waals surface area contributed by atoms with Gasteiger partial charge in [-0.15, -0.1) is 0 Å². The van der Waals surface area contributed by atoms with Gasteiger partial charge in [0.25, 0.3) is 0 Å². The summed E-state index contributed by atoms with van der Waals surface area (Å²) in [6.45, 7) is 0. The van der Waals surface area contributed by atoms with Crippen LogP contribution < -0.4 is 11.1 Å². The van der Waals surface area contributed by atoms with E-state index in [0.29, 0.717) is 18.5 Å². The maximum atomic E-state index is 10.9. The van der Waals surface area contributed by atoms with Crippen molar-refractivity contribution < 1.29 is 4.79 Å². The summed E-state index contributed by atoms with van der Waals surface area (Å²) in [5.74, 6) is 0.0265. The number of carbonyl (C=O) groups is 1. The highest BCUT2D eigenvalue weighted by molar-refractivity contribution is 5.75. The number of aromatic nitrogens is 1. The fourth-order valence-electron chi connectivity index (χ4n) is 0.950. The fourth-order valence-corrected chi connectivity index (χ4v) is 0.950. The molecule has 13 heavy (non-hydrogen) atoms. The van der Waals surface area contributed by atoms with Crippen LogP contribution >= 0.6 is 0 Å². The molecule has 4 heteroatoms. The Bertz CT molecular complexity index is 281. The smallest absolute Gasteiger partial charge is 0.220 e. The largest absolute Gasteiger partial charge is 0.397 e. The lowest BCUT2D eigenvalue weighted by Crippen LogP contribution is -2.18. The number of nitrogen functional groups attached to an aromatic ring is 1. The molecule has 0 aliphatic heterocycles. The van der Waals surface area contributed by atoms with E-state index in [-0.39, 0.29) is 5.91 Å². The van der Waals surface area contributed by atoms with Crippen LogP contribution in [-0.4, -0.2) is 17.9 Å². The summed E-state index contributed by atoms with van der Waals surface area (Å²) in [6.07, 6.45) is 2.71. The first-order chi connectivity index (χ1) is 6.22. The monoisotopic (exact) mass is 179 g/mol. The van der Waals surface area contributed by atoms with Crippen molar-refractivity contribution in [3.05, 3.63) is 24.0 Å². The Morgan fingerprint density at radius 3 is 2.92 bits per heavy atom. The topological polar surface area (TPSA) is 68.0 Å². The van der Waals surface area contributed by atoms with Crippen molar-refractivity contribution in [1.29, 1.82) is 0 Å². The van der Waals surface area contributed by atoms with Crippen LogP contribution in [0, 0.1) is 0 Å². The molecule has 0 radical (unpaired) electrons. The van der Waals surface area contributed by atoms with Crippen molar-refractivity contribution in [3.8, 4) is 0 Å². The summed E-state index contributed by atoms with van der Waals surface area (Å²) >= 11 is 0. The molecule has 0 aliphatic carbocycles. The molecule has 1 aromatic heterocycles. The summed E-state index contributed by atoms with van der Waals surface area (Å²) < 4.78 is 0. The van der Waals surface area contributed by atoms with E-state index >= 15 is 0 Å². The minimum Gasteiger partial charge on any atom is -0.397 e. The molecule has 0 bridgehead atoms. The Kier molecular flexibility index (Phi) is 3.25. The Morgan fingerprint density at radius 2 is 2.38 bits per heavy atom. The highest BCUT2D eigenvalue weighted by atomic mass is 16.1. The number of nitrogens with one attached hydrogen (secondary N) is 1. The Labute approximate surface area is 77.2 Å². The first kappa shape index (κ1) is 9.51. The summed E-state index contributed by atoms with van der Waals surface area (Å²) in [6, 6.07) is 3.62. The van der Waals surface area contributed by atoms with E-state index in [4.69, 9.17) is 5.73 Å². The second-order valence-corrected chi connectivity index (χ2v) is 2.76. The van der Waals surface area contributed by atoms with Crippen molar-refractivity contribution in [3.63, 3.8) is 0 Å². The molecule has 0 spiro atoms. The number of amides is 1. The molecule has 0 saturated heterocycles. The van der Waals surface area contributed by atoms with Crippen molar-refractivity contribution in [2.24, 2.45) is 0 Å². The Morgan fingerprint density at radius 1 is 1.62 bits per heavy atom. The van der Waals surface area contributed by atoms with Crippen molar-refractivity contribution in [2.45, 2.75) is 12.8 Å². The number of aryl methyl sites for hydroxylation is 1. The number of anilines is 1. The third-order valence-electron chi connectivity index (χ3n) is 1.73. The highest BCUT2D eigenvalue weighted by Gasteiger charge is 1.99. The van der Waals surface area contributed by atoms with E-state index in [1.54, 1.807) is 19.3 Å². The molecule has 0 aromatic carbocycles. The summed E-state index contributed by atoms with van der Waals surface area (Å²) in [4.78, 5) is 15.0. The molecule has 70 valence electrons. The normalized spacial score (nSPS) is 9.62. The first-order valence-corrected chi connectivity index (χ1v) is 4.13. The number of rotatable bonds is 3. The number of pyridine rings is 1. The van der Waals surface area contributed by atoms with Gasteiger partial charge in [-0.3, -0.25) is 9.78 Å². The standard InChI is InChI=1S/C9H13N3O/c1-11-9(13)5-4-8-3-2-7(10)6-12-8/h2-3,6H,4-5,10H2,1H3,(H,11,13). The molecule has 1 heterocycles. The third kappa shape index (κ3) is 3.11. The quantitative estimate of drug-likeness (QED) is 0.703. The number of carbonyl (C=O) groups excluding carboxylic acids is 1. The van der Waals surface area contributed by atoms with Gasteiger partial charge in [0.05, 0.1) is 11.9 Å². The molecule has 0 fully saturated rings. The molecule has 1 rings (SSSR count). The molecule has 1 aromatic rings. The van der Waals surface area contributed by atoms with Crippen LogP contribution in [0.5, 0.6) is 0 Å². The van der Waals surface area contributed by atoms with Gasteiger partial charge in [0.15, 0.2) is 0 Å². The van der Waals surface area contributed by atoms with Crippen LogP contribution in [0.25, 0.3) is 0 Å².